The Kier molecular flexibility index (Phi) is 3.68. The quantitative estimate of drug-likeness (QED) is 0.852. The Labute approximate surface area is 121 Å². The predicted molar refractivity (Wildman–Crippen MR) is 80.1 cm³/mol. The van der Waals surface area contributed by atoms with E-state index < -0.39 is 0 Å². The van der Waals surface area contributed by atoms with E-state index in [1.165, 1.54) is 0 Å². The fourth-order valence-corrected chi connectivity index (χ4v) is 3.28. The van der Waals surface area contributed by atoms with Gasteiger partial charge in [0.25, 0.3) is 0 Å². The van der Waals surface area contributed by atoms with E-state index in [1.807, 2.05) is 17.5 Å². The van der Waals surface area contributed by atoms with Crippen LogP contribution in [-0.2, 0) is 0 Å². The minimum absolute atomic E-state index is 0.757. The highest BCUT2D eigenvalue weighted by atomic mass is 35.5. The Morgan fingerprint density at radius 3 is 2.68 bits per heavy atom. The van der Waals surface area contributed by atoms with E-state index in [-0.39, 0.29) is 0 Å². The van der Waals surface area contributed by atoms with Crippen LogP contribution in [0.2, 0.25) is 5.02 Å². The molecule has 3 rings (SSSR count). The number of rotatable bonds is 2. The summed E-state index contributed by atoms with van der Waals surface area (Å²) in [5.74, 6) is 0.988. The zero-order valence-electron chi connectivity index (χ0n) is 10.7. The third-order valence-corrected chi connectivity index (χ3v) is 4.69. The average molecular weight is 295 g/mol. The highest BCUT2D eigenvalue weighted by Gasteiger charge is 2.16. The Bertz CT molecular complexity index is 563. The number of piperazine rings is 1. The lowest BCUT2D eigenvalue weighted by Gasteiger charge is -2.33. The van der Waals surface area contributed by atoms with Gasteiger partial charge in [-0.25, -0.2) is 9.97 Å². The topological polar surface area (TPSA) is 32.3 Å². The summed E-state index contributed by atoms with van der Waals surface area (Å²) in [6, 6.07) is 3.93. The second-order valence-electron chi connectivity index (χ2n) is 4.65. The van der Waals surface area contributed by atoms with Crippen LogP contribution in [0.5, 0.6) is 0 Å². The standard InChI is InChI=1S/C13H15ClN4S/c1-17-3-5-18(6-4-17)12-8-11(15-9-16-12)13-10(14)2-7-19-13/h2,7-9H,3-6H2,1H3. The normalized spacial score (nSPS) is 16.8. The van der Waals surface area contributed by atoms with Crippen LogP contribution in [0.15, 0.2) is 23.8 Å². The van der Waals surface area contributed by atoms with E-state index in [0.717, 1.165) is 47.6 Å². The van der Waals surface area contributed by atoms with Gasteiger partial charge in [0.2, 0.25) is 0 Å². The van der Waals surface area contributed by atoms with Crippen molar-refractivity contribution >= 4 is 28.8 Å². The lowest BCUT2D eigenvalue weighted by atomic mass is 10.3. The molecule has 0 bridgehead atoms. The molecule has 6 heteroatoms. The Morgan fingerprint density at radius 2 is 2.00 bits per heavy atom. The minimum atomic E-state index is 0.757. The van der Waals surface area contributed by atoms with Crippen molar-refractivity contribution in [1.82, 2.24) is 14.9 Å². The Hall–Kier alpha value is -1.17. The lowest BCUT2D eigenvalue weighted by Crippen LogP contribution is -2.44. The van der Waals surface area contributed by atoms with E-state index >= 15 is 0 Å². The van der Waals surface area contributed by atoms with Gasteiger partial charge in [0.15, 0.2) is 0 Å². The van der Waals surface area contributed by atoms with Crippen LogP contribution < -0.4 is 4.90 Å². The lowest BCUT2D eigenvalue weighted by molar-refractivity contribution is 0.312. The molecule has 2 aromatic heterocycles. The van der Waals surface area contributed by atoms with Crippen molar-refractivity contribution < 1.29 is 0 Å². The molecule has 2 aromatic rings. The van der Waals surface area contributed by atoms with Crippen LogP contribution in [0, 0.1) is 0 Å². The van der Waals surface area contributed by atoms with E-state index in [1.54, 1.807) is 17.7 Å². The summed E-state index contributed by atoms with van der Waals surface area (Å²) in [7, 11) is 2.15. The summed E-state index contributed by atoms with van der Waals surface area (Å²) in [5.41, 5.74) is 0.906. The second kappa shape index (κ2) is 5.45. The van der Waals surface area contributed by atoms with Crippen molar-refractivity contribution in [2.24, 2.45) is 0 Å². The first kappa shape index (κ1) is 12.8. The fraction of sp³-hybridized carbons (Fsp3) is 0.385. The summed E-state index contributed by atoms with van der Waals surface area (Å²) >= 11 is 7.77. The van der Waals surface area contributed by atoms with E-state index in [4.69, 9.17) is 11.6 Å². The van der Waals surface area contributed by atoms with E-state index in [0.29, 0.717) is 0 Å². The molecule has 0 atom stereocenters. The number of aromatic nitrogens is 2. The summed E-state index contributed by atoms with van der Waals surface area (Å²) in [6.07, 6.45) is 1.62. The van der Waals surface area contributed by atoms with Crippen molar-refractivity contribution in [3.63, 3.8) is 0 Å². The number of thiophene rings is 1. The maximum Gasteiger partial charge on any atom is 0.132 e. The molecule has 0 N–H and O–H groups in total. The number of likely N-dealkylation sites (N-methyl/N-ethyl adjacent to an activating group) is 1. The third kappa shape index (κ3) is 2.73. The molecule has 0 saturated carbocycles. The highest BCUT2D eigenvalue weighted by molar-refractivity contribution is 7.14. The molecule has 19 heavy (non-hydrogen) atoms. The van der Waals surface area contributed by atoms with Crippen LogP contribution in [0.25, 0.3) is 10.6 Å². The molecular weight excluding hydrogens is 280 g/mol. The van der Waals surface area contributed by atoms with Gasteiger partial charge in [-0.1, -0.05) is 11.6 Å². The number of hydrogen-bond acceptors (Lipinski definition) is 5. The van der Waals surface area contributed by atoms with Crippen LogP contribution in [-0.4, -0.2) is 48.1 Å². The van der Waals surface area contributed by atoms with Gasteiger partial charge in [-0.15, -0.1) is 11.3 Å². The molecule has 0 unspecified atom stereocenters. The zero-order valence-corrected chi connectivity index (χ0v) is 12.3. The summed E-state index contributed by atoms with van der Waals surface area (Å²) in [5, 5.41) is 2.74. The van der Waals surface area contributed by atoms with Crippen molar-refractivity contribution in [2.75, 3.05) is 38.1 Å². The van der Waals surface area contributed by atoms with E-state index in [2.05, 4.69) is 26.8 Å². The predicted octanol–water partition coefficient (Wildman–Crippen LogP) is 2.61. The molecule has 0 aromatic carbocycles. The largest absolute Gasteiger partial charge is 0.354 e. The average Bonchev–Trinajstić information content (AvgIpc) is 2.86. The van der Waals surface area contributed by atoms with Gasteiger partial charge >= 0.3 is 0 Å². The van der Waals surface area contributed by atoms with Gasteiger partial charge in [0, 0.05) is 32.2 Å². The molecule has 100 valence electrons. The van der Waals surface area contributed by atoms with Crippen molar-refractivity contribution in [3.8, 4) is 10.6 Å². The van der Waals surface area contributed by atoms with Gasteiger partial charge in [-0.3, -0.25) is 0 Å². The van der Waals surface area contributed by atoms with Crippen molar-refractivity contribution in [3.05, 3.63) is 28.9 Å². The third-order valence-electron chi connectivity index (χ3n) is 3.33. The van der Waals surface area contributed by atoms with Gasteiger partial charge in [0.1, 0.15) is 12.1 Å². The Balaban J connectivity index is 1.86. The molecule has 0 spiro atoms. The number of hydrogen-bond donors (Lipinski definition) is 0. The van der Waals surface area contributed by atoms with Crippen LogP contribution in [0.4, 0.5) is 5.82 Å². The maximum atomic E-state index is 6.16. The molecule has 1 fully saturated rings. The van der Waals surface area contributed by atoms with Crippen LogP contribution in [0.3, 0.4) is 0 Å². The van der Waals surface area contributed by atoms with Gasteiger partial charge in [-0.05, 0) is 18.5 Å². The van der Waals surface area contributed by atoms with Crippen molar-refractivity contribution in [1.29, 1.82) is 0 Å². The summed E-state index contributed by atoms with van der Waals surface area (Å²) < 4.78 is 0. The Morgan fingerprint density at radius 1 is 1.21 bits per heavy atom. The minimum Gasteiger partial charge on any atom is -0.354 e. The molecule has 1 aliphatic heterocycles. The molecule has 3 heterocycles. The first-order chi connectivity index (χ1) is 9.24. The first-order valence-electron chi connectivity index (χ1n) is 6.23. The molecule has 0 radical (unpaired) electrons. The number of nitrogens with zero attached hydrogens (tertiary/aromatic N) is 4. The number of halogens is 1. The molecule has 0 aliphatic carbocycles. The maximum absolute atomic E-state index is 6.16. The van der Waals surface area contributed by atoms with E-state index in [9.17, 15) is 0 Å². The van der Waals surface area contributed by atoms with Crippen LogP contribution >= 0.6 is 22.9 Å². The fourth-order valence-electron chi connectivity index (χ4n) is 2.16. The van der Waals surface area contributed by atoms with Crippen molar-refractivity contribution in [2.45, 2.75) is 0 Å². The zero-order chi connectivity index (χ0) is 13.2. The molecule has 4 nitrogen and oxygen atoms in total. The highest BCUT2D eigenvalue weighted by Crippen LogP contribution is 2.32. The SMILES string of the molecule is CN1CCN(c2cc(-c3sccc3Cl)ncn2)CC1. The van der Waals surface area contributed by atoms with Gasteiger partial charge < -0.3 is 9.80 Å². The second-order valence-corrected chi connectivity index (χ2v) is 5.97. The molecule has 1 aliphatic rings. The van der Waals surface area contributed by atoms with Crippen LogP contribution in [0.1, 0.15) is 0 Å². The summed E-state index contributed by atoms with van der Waals surface area (Å²) in [4.78, 5) is 14.4. The first-order valence-corrected chi connectivity index (χ1v) is 7.49. The molecule has 1 saturated heterocycles. The summed E-state index contributed by atoms with van der Waals surface area (Å²) in [6.45, 7) is 4.15. The van der Waals surface area contributed by atoms with Gasteiger partial charge in [-0.2, -0.15) is 0 Å². The monoisotopic (exact) mass is 294 g/mol. The van der Waals surface area contributed by atoms with Gasteiger partial charge in [0.05, 0.1) is 15.6 Å². The molecular formula is C13H15ClN4S. The number of anilines is 1. The molecule has 0 amide bonds. The smallest absolute Gasteiger partial charge is 0.132 e.